The number of anilines is 6. The number of benzene rings is 10. The Bertz CT molecular complexity index is 3700. The Morgan fingerprint density at radius 1 is 0.382 bits per heavy atom. The summed E-state index contributed by atoms with van der Waals surface area (Å²) in [7, 11) is 0. The van der Waals surface area contributed by atoms with Gasteiger partial charge >= 0.3 is 0 Å². The van der Waals surface area contributed by atoms with Crippen molar-refractivity contribution in [2.75, 3.05) is 9.80 Å². The molecule has 3 nitrogen and oxygen atoms in total. The van der Waals surface area contributed by atoms with Gasteiger partial charge in [0, 0.05) is 44.5 Å². The minimum absolute atomic E-state index is 0.190. The molecule has 0 bridgehead atoms. The molecule has 10 aromatic carbocycles. The van der Waals surface area contributed by atoms with E-state index in [0.29, 0.717) is 11.8 Å². The molecule has 3 atom stereocenters. The average Bonchev–Trinajstić information content (AvgIpc) is 4.13. The normalized spacial score (nSPS) is 17.8. The van der Waals surface area contributed by atoms with Crippen LogP contribution in [0.15, 0.2) is 237 Å². The van der Waals surface area contributed by atoms with Crippen molar-refractivity contribution >= 4 is 66.7 Å². The first-order valence-electron chi connectivity index (χ1n) is 24.4. The Kier molecular flexibility index (Phi) is 8.89. The number of hydrogen-bond acceptors (Lipinski definition) is 2. The topological polar surface area (TPSA) is 11.4 Å². The fourth-order valence-electron chi connectivity index (χ4n) is 13.2. The lowest BCUT2D eigenvalue weighted by molar-refractivity contribution is 0.350. The third kappa shape index (κ3) is 5.78. The van der Waals surface area contributed by atoms with Gasteiger partial charge < -0.3 is 14.4 Å². The lowest BCUT2D eigenvalue weighted by atomic mass is 9.68. The molecule has 0 amide bonds. The van der Waals surface area contributed by atoms with Gasteiger partial charge in [0.2, 0.25) is 0 Å². The standard InChI is InChI=1S/C65H49N3/c1-5-19-44(20-6-1)57-41-45-21-13-14-22-46(45)42-61(57)68(53-29-11-4-12-30-53)60-34-18-24-48-40-50-36-35-49-39-47-23-17-33-59(63(47)65(49,50)64(48)60)66(51-25-7-2-8-26-51)54-37-38-56-55-31-15-16-32-58(55)67(62(56)43-54)52-27-9-3-10-28-52/h1-34,37-38,41-43,49-50H,35-36,39-40H2. The van der Waals surface area contributed by atoms with Crippen LogP contribution >= 0.6 is 0 Å². The zero-order valence-corrected chi connectivity index (χ0v) is 37.8. The number of fused-ring (bicyclic) bond motifs is 6. The van der Waals surface area contributed by atoms with E-state index in [2.05, 4.69) is 251 Å². The highest BCUT2D eigenvalue weighted by Crippen LogP contribution is 2.69. The van der Waals surface area contributed by atoms with Gasteiger partial charge in [0.05, 0.1) is 28.1 Å². The van der Waals surface area contributed by atoms with Crippen LogP contribution in [-0.2, 0) is 18.3 Å². The molecule has 0 aliphatic heterocycles. The van der Waals surface area contributed by atoms with Crippen LogP contribution in [0.5, 0.6) is 0 Å². The molecule has 14 rings (SSSR count). The van der Waals surface area contributed by atoms with Crippen LogP contribution in [0.1, 0.15) is 35.1 Å². The van der Waals surface area contributed by atoms with Gasteiger partial charge in [-0.25, -0.2) is 0 Å². The first-order chi connectivity index (χ1) is 33.7. The molecular weight excluding hydrogens is 823 g/mol. The van der Waals surface area contributed by atoms with Gasteiger partial charge in [-0.15, -0.1) is 0 Å². The summed E-state index contributed by atoms with van der Waals surface area (Å²) in [6.45, 7) is 0. The predicted molar refractivity (Wildman–Crippen MR) is 284 cm³/mol. The van der Waals surface area contributed by atoms with E-state index in [4.69, 9.17) is 0 Å². The molecular formula is C65H49N3. The Hall–Kier alpha value is -8.14. The molecule has 68 heavy (non-hydrogen) atoms. The molecule has 0 N–H and O–H groups in total. The van der Waals surface area contributed by atoms with Crippen LogP contribution < -0.4 is 9.80 Å². The van der Waals surface area contributed by atoms with Gasteiger partial charge in [0.1, 0.15) is 0 Å². The fourth-order valence-corrected chi connectivity index (χ4v) is 13.2. The van der Waals surface area contributed by atoms with Crippen LogP contribution in [0.4, 0.5) is 34.1 Å². The second kappa shape index (κ2) is 15.5. The summed E-state index contributed by atoms with van der Waals surface area (Å²) in [6, 6.07) is 88.3. The summed E-state index contributed by atoms with van der Waals surface area (Å²) in [5.41, 5.74) is 19.1. The van der Waals surface area contributed by atoms with Gasteiger partial charge in [-0.3, -0.25) is 0 Å². The van der Waals surface area contributed by atoms with Crippen molar-refractivity contribution in [3.05, 3.63) is 259 Å². The van der Waals surface area contributed by atoms with Gasteiger partial charge in [0.15, 0.2) is 0 Å². The number of aromatic nitrogens is 1. The smallest absolute Gasteiger partial charge is 0.0561 e. The fraction of sp³-hybridized carbons (Fsp3) is 0.108. The van der Waals surface area contributed by atoms with Crippen LogP contribution in [-0.4, -0.2) is 4.57 Å². The van der Waals surface area contributed by atoms with Gasteiger partial charge in [0.25, 0.3) is 0 Å². The highest BCUT2D eigenvalue weighted by molar-refractivity contribution is 6.10. The molecule has 1 fully saturated rings. The van der Waals surface area contributed by atoms with Crippen LogP contribution in [0.25, 0.3) is 49.4 Å². The first kappa shape index (κ1) is 39.1. The molecule has 3 unspecified atom stereocenters. The third-order valence-electron chi connectivity index (χ3n) is 15.8. The minimum Gasteiger partial charge on any atom is -0.310 e. The molecule has 0 radical (unpaired) electrons. The van der Waals surface area contributed by atoms with Crippen molar-refractivity contribution in [2.24, 2.45) is 11.8 Å². The molecule has 1 heterocycles. The largest absolute Gasteiger partial charge is 0.310 e. The summed E-state index contributed by atoms with van der Waals surface area (Å²) in [5, 5.41) is 5.00. The Balaban J connectivity index is 1.03. The van der Waals surface area contributed by atoms with Gasteiger partial charge in [-0.1, -0.05) is 158 Å². The summed E-state index contributed by atoms with van der Waals surface area (Å²) >= 11 is 0. The zero-order valence-electron chi connectivity index (χ0n) is 37.8. The third-order valence-corrected chi connectivity index (χ3v) is 15.8. The lowest BCUT2D eigenvalue weighted by Gasteiger charge is -2.40. The SMILES string of the molecule is c1ccc(-c2cc3ccccc3cc2N(c2ccccc2)c2cccc3c2C24c5c(cccc5N(c5ccccc5)c5ccc6c7ccccc7n(-c7ccccc7)c6c5)CC2CCC4C3)cc1. The van der Waals surface area contributed by atoms with Crippen LogP contribution in [0.3, 0.4) is 0 Å². The van der Waals surface area contributed by atoms with Crippen molar-refractivity contribution in [1.82, 2.24) is 4.57 Å². The van der Waals surface area contributed by atoms with Crippen molar-refractivity contribution in [3.63, 3.8) is 0 Å². The molecule has 1 saturated carbocycles. The highest BCUT2D eigenvalue weighted by atomic mass is 15.2. The van der Waals surface area contributed by atoms with Crippen LogP contribution in [0, 0.1) is 11.8 Å². The zero-order chi connectivity index (χ0) is 44.8. The Labute approximate surface area is 397 Å². The van der Waals surface area contributed by atoms with Crippen LogP contribution in [0.2, 0.25) is 0 Å². The minimum atomic E-state index is -0.190. The quantitative estimate of drug-likeness (QED) is 0.151. The number of para-hydroxylation sites is 4. The van der Waals surface area contributed by atoms with E-state index < -0.39 is 0 Å². The van der Waals surface area contributed by atoms with E-state index in [-0.39, 0.29) is 5.41 Å². The molecule has 3 heteroatoms. The molecule has 0 saturated heterocycles. The first-order valence-corrected chi connectivity index (χ1v) is 24.4. The van der Waals surface area contributed by atoms with Crippen molar-refractivity contribution in [2.45, 2.75) is 31.1 Å². The molecule has 1 spiro atoms. The monoisotopic (exact) mass is 871 g/mol. The van der Waals surface area contributed by atoms with E-state index in [1.807, 2.05) is 0 Å². The summed E-state index contributed by atoms with van der Waals surface area (Å²) in [6.07, 6.45) is 4.59. The average molecular weight is 872 g/mol. The van der Waals surface area contributed by atoms with Gasteiger partial charge in [-0.05, 0) is 155 Å². The lowest BCUT2D eigenvalue weighted by Crippen LogP contribution is -2.34. The van der Waals surface area contributed by atoms with E-state index in [0.717, 1.165) is 29.9 Å². The van der Waals surface area contributed by atoms with E-state index in [9.17, 15) is 0 Å². The van der Waals surface area contributed by atoms with Crippen molar-refractivity contribution in [1.29, 1.82) is 0 Å². The van der Waals surface area contributed by atoms with E-state index in [1.54, 1.807) is 0 Å². The predicted octanol–water partition coefficient (Wildman–Crippen LogP) is 17.0. The summed E-state index contributed by atoms with van der Waals surface area (Å²) in [5.74, 6) is 0.962. The summed E-state index contributed by atoms with van der Waals surface area (Å²) < 4.78 is 2.45. The van der Waals surface area contributed by atoms with Crippen molar-refractivity contribution < 1.29 is 0 Å². The Morgan fingerprint density at radius 2 is 0.912 bits per heavy atom. The second-order valence-corrected chi connectivity index (χ2v) is 19.2. The maximum atomic E-state index is 2.62. The van der Waals surface area contributed by atoms with Crippen molar-refractivity contribution in [3.8, 4) is 16.8 Å². The second-order valence-electron chi connectivity index (χ2n) is 19.2. The molecule has 324 valence electrons. The summed E-state index contributed by atoms with van der Waals surface area (Å²) in [4.78, 5) is 5.20. The van der Waals surface area contributed by atoms with E-state index in [1.165, 1.54) is 102 Å². The molecule has 3 aliphatic rings. The molecule has 11 aromatic rings. The van der Waals surface area contributed by atoms with Gasteiger partial charge in [-0.2, -0.15) is 0 Å². The molecule has 3 aliphatic carbocycles. The van der Waals surface area contributed by atoms with E-state index >= 15 is 0 Å². The number of rotatable bonds is 8. The highest BCUT2D eigenvalue weighted by Gasteiger charge is 2.62. The maximum absolute atomic E-state index is 2.62. The maximum Gasteiger partial charge on any atom is 0.0561 e. The Morgan fingerprint density at radius 3 is 1.57 bits per heavy atom. The number of hydrogen-bond donors (Lipinski definition) is 0. The molecule has 1 aromatic heterocycles. The number of nitrogens with zero attached hydrogens (tertiary/aromatic N) is 3.